The summed E-state index contributed by atoms with van der Waals surface area (Å²) in [6, 6.07) is 8.14. The van der Waals surface area contributed by atoms with Gasteiger partial charge < -0.3 is 15.2 Å². The fraction of sp³-hybridized carbons (Fsp3) is 0.600. The van der Waals surface area contributed by atoms with E-state index >= 15 is 0 Å². The van der Waals surface area contributed by atoms with Gasteiger partial charge in [0.25, 0.3) is 0 Å². The molecule has 0 aromatic heterocycles. The highest BCUT2D eigenvalue weighted by Crippen LogP contribution is 2.19. The first-order valence-electron chi connectivity index (χ1n) is 6.80. The van der Waals surface area contributed by atoms with Crippen LogP contribution in [-0.4, -0.2) is 19.5 Å². The van der Waals surface area contributed by atoms with Crippen molar-refractivity contribution in [3.63, 3.8) is 0 Å². The lowest BCUT2D eigenvalue weighted by Crippen LogP contribution is -2.31. The van der Waals surface area contributed by atoms with Gasteiger partial charge in [0, 0.05) is 13.2 Å². The summed E-state index contributed by atoms with van der Waals surface area (Å²) in [6.07, 6.45) is 1.85. The highest BCUT2D eigenvalue weighted by molar-refractivity contribution is 5.26. The van der Waals surface area contributed by atoms with E-state index in [2.05, 4.69) is 25.1 Å². The van der Waals surface area contributed by atoms with Crippen LogP contribution in [0.3, 0.4) is 0 Å². The Labute approximate surface area is 110 Å². The molecule has 1 unspecified atom stereocenters. The first-order chi connectivity index (χ1) is 8.72. The summed E-state index contributed by atoms with van der Waals surface area (Å²) in [5.41, 5.74) is 8.62. The molecule has 3 heteroatoms. The van der Waals surface area contributed by atoms with Crippen LogP contribution in [0.5, 0.6) is 0 Å². The van der Waals surface area contributed by atoms with Crippen LogP contribution in [0.1, 0.15) is 44.4 Å². The molecule has 0 spiro atoms. The molecule has 0 saturated heterocycles. The van der Waals surface area contributed by atoms with Crippen LogP contribution in [0.25, 0.3) is 0 Å². The third-order valence-electron chi connectivity index (χ3n) is 2.83. The number of aryl methyl sites for hydroxylation is 1. The smallest absolute Gasteiger partial charge is 0.176 e. The molecule has 0 heterocycles. The predicted octanol–water partition coefficient (Wildman–Crippen LogP) is 3.04. The predicted molar refractivity (Wildman–Crippen MR) is 74.4 cm³/mol. The number of hydrogen-bond acceptors (Lipinski definition) is 3. The van der Waals surface area contributed by atoms with E-state index in [1.807, 2.05) is 19.9 Å². The first-order valence-corrected chi connectivity index (χ1v) is 6.80. The van der Waals surface area contributed by atoms with Crippen molar-refractivity contribution in [2.24, 2.45) is 5.73 Å². The molecule has 1 rings (SSSR count). The van der Waals surface area contributed by atoms with Crippen molar-refractivity contribution in [3.8, 4) is 0 Å². The molecule has 1 aromatic rings. The molecule has 0 aliphatic heterocycles. The number of ether oxygens (including phenoxy) is 2. The molecule has 18 heavy (non-hydrogen) atoms. The summed E-state index contributed by atoms with van der Waals surface area (Å²) in [5, 5.41) is 0. The van der Waals surface area contributed by atoms with Crippen LogP contribution >= 0.6 is 0 Å². The molecule has 0 radical (unpaired) electrons. The number of hydrogen-bond donors (Lipinski definition) is 1. The molecule has 0 bridgehead atoms. The van der Waals surface area contributed by atoms with Crippen molar-refractivity contribution in [2.75, 3.05) is 13.2 Å². The van der Waals surface area contributed by atoms with E-state index in [1.54, 1.807) is 0 Å². The SMILES string of the molecule is CCCc1cccc(C(N)C(OCC)OCC)c1. The zero-order valence-corrected chi connectivity index (χ0v) is 11.7. The van der Waals surface area contributed by atoms with E-state index in [0.717, 1.165) is 18.4 Å². The van der Waals surface area contributed by atoms with Crippen molar-refractivity contribution in [1.29, 1.82) is 0 Å². The van der Waals surface area contributed by atoms with Gasteiger partial charge in [0.05, 0.1) is 6.04 Å². The average molecular weight is 251 g/mol. The second-order valence-corrected chi connectivity index (χ2v) is 4.30. The van der Waals surface area contributed by atoms with E-state index in [4.69, 9.17) is 15.2 Å². The van der Waals surface area contributed by atoms with Gasteiger partial charge in [-0.25, -0.2) is 0 Å². The third kappa shape index (κ3) is 4.41. The normalized spacial score (nSPS) is 12.9. The Kier molecular flexibility index (Phi) is 6.94. The molecule has 0 fully saturated rings. The standard InChI is InChI=1S/C15H25NO2/c1-4-8-12-9-7-10-13(11-12)14(16)15(17-5-2)18-6-3/h7,9-11,14-15H,4-6,8,16H2,1-3H3. The van der Waals surface area contributed by atoms with Crippen molar-refractivity contribution in [1.82, 2.24) is 0 Å². The van der Waals surface area contributed by atoms with E-state index in [0.29, 0.717) is 13.2 Å². The number of benzene rings is 1. The van der Waals surface area contributed by atoms with E-state index < -0.39 is 0 Å². The quantitative estimate of drug-likeness (QED) is 0.722. The molecule has 0 amide bonds. The number of rotatable bonds is 8. The van der Waals surface area contributed by atoms with Gasteiger partial charge in [-0.3, -0.25) is 0 Å². The summed E-state index contributed by atoms with van der Waals surface area (Å²) < 4.78 is 11.1. The van der Waals surface area contributed by atoms with Crippen molar-refractivity contribution < 1.29 is 9.47 Å². The minimum atomic E-state index is -0.364. The maximum atomic E-state index is 6.23. The Hall–Kier alpha value is -0.900. The average Bonchev–Trinajstić information content (AvgIpc) is 2.38. The van der Waals surface area contributed by atoms with Crippen LogP contribution in [-0.2, 0) is 15.9 Å². The fourth-order valence-electron chi connectivity index (χ4n) is 1.99. The Bertz CT molecular complexity index is 335. The van der Waals surface area contributed by atoms with Crippen molar-refractivity contribution >= 4 is 0 Å². The maximum absolute atomic E-state index is 6.23. The highest BCUT2D eigenvalue weighted by Gasteiger charge is 2.20. The summed E-state index contributed by atoms with van der Waals surface area (Å²) in [6.45, 7) is 7.29. The van der Waals surface area contributed by atoms with Crippen LogP contribution in [0, 0.1) is 0 Å². The van der Waals surface area contributed by atoms with Crippen LogP contribution in [0.4, 0.5) is 0 Å². The minimum absolute atomic E-state index is 0.235. The Morgan fingerprint density at radius 3 is 2.33 bits per heavy atom. The number of nitrogens with two attached hydrogens (primary N) is 1. The van der Waals surface area contributed by atoms with Crippen LogP contribution in [0.2, 0.25) is 0 Å². The molecule has 1 atom stereocenters. The van der Waals surface area contributed by atoms with Crippen LogP contribution in [0.15, 0.2) is 24.3 Å². The van der Waals surface area contributed by atoms with Gasteiger partial charge in [-0.2, -0.15) is 0 Å². The first kappa shape index (κ1) is 15.2. The monoisotopic (exact) mass is 251 g/mol. The zero-order chi connectivity index (χ0) is 13.4. The summed E-state index contributed by atoms with van der Waals surface area (Å²) in [5.74, 6) is 0. The Morgan fingerprint density at radius 1 is 1.11 bits per heavy atom. The summed E-state index contributed by atoms with van der Waals surface area (Å²) in [4.78, 5) is 0. The topological polar surface area (TPSA) is 44.5 Å². The molecular formula is C15H25NO2. The van der Waals surface area contributed by atoms with Gasteiger partial charge in [-0.05, 0) is 31.4 Å². The largest absolute Gasteiger partial charge is 0.351 e. The van der Waals surface area contributed by atoms with Crippen LogP contribution < -0.4 is 5.73 Å². The Balaban J connectivity index is 2.79. The maximum Gasteiger partial charge on any atom is 0.176 e. The molecule has 3 nitrogen and oxygen atoms in total. The molecule has 0 aliphatic rings. The van der Waals surface area contributed by atoms with Crippen molar-refractivity contribution in [3.05, 3.63) is 35.4 Å². The third-order valence-corrected chi connectivity index (χ3v) is 2.83. The summed E-state index contributed by atoms with van der Waals surface area (Å²) >= 11 is 0. The molecule has 102 valence electrons. The lowest BCUT2D eigenvalue weighted by Gasteiger charge is -2.24. The Morgan fingerprint density at radius 2 is 1.78 bits per heavy atom. The van der Waals surface area contributed by atoms with E-state index in [1.165, 1.54) is 5.56 Å². The van der Waals surface area contributed by atoms with Gasteiger partial charge in [-0.15, -0.1) is 0 Å². The lowest BCUT2D eigenvalue weighted by molar-refractivity contribution is -0.149. The lowest BCUT2D eigenvalue weighted by atomic mass is 10.0. The van der Waals surface area contributed by atoms with Gasteiger partial charge in [0.2, 0.25) is 0 Å². The summed E-state index contributed by atoms with van der Waals surface area (Å²) in [7, 11) is 0. The van der Waals surface area contributed by atoms with Gasteiger partial charge in [0.1, 0.15) is 0 Å². The molecule has 1 aromatic carbocycles. The second-order valence-electron chi connectivity index (χ2n) is 4.30. The van der Waals surface area contributed by atoms with Gasteiger partial charge in [-0.1, -0.05) is 37.6 Å². The molecule has 2 N–H and O–H groups in total. The molecule has 0 saturated carbocycles. The molecule has 0 aliphatic carbocycles. The van der Waals surface area contributed by atoms with Crippen molar-refractivity contribution in [2.45, 2.75) is 45.9 Å². The van der Waals surface area contributed by atoms with E-state index in [-0.39, 0.29) is 12.3 Å². The zero-order valence-electron chi connectivity index (χ0n) is 11.7. The molecular weight excluding hydrogens is 226 g/mol. The van der Waals surface area contributed by atoms with E-state index in [9.17, 15) is 0 Å². The van der Waals surface area contributed by atoms with Gasteiger partial charge in [0.15, 0.2) is 6.29 Å². The second kappa shape index (κ2) is 8.25. The highest BCUT2D eigenvalue weighted by atomic mass is 16.7. The fourth-order valence-corrected chi connectivity index (χ4v) is 1.99. The van der Waals surface area contributed by atoms with Gasteiger partial charge >= 0.3 is 0 Å². The minimum Gasteiger partial charge on any atom is -0.351 e.